The van der Waals surface area contributed by atoms with Crippen LogP contribution in [-0.4, -0.2) is 0 Å². The zero-order valence-electron chi connectivity index (χ0n) is 13.3. The van der Waals surface area contributed by atoms with E-state index in [-0.39, 0.29) is 22.0 Å². The molecule has 4 rings (SSSR count). The van der Waals surface area contributed by atoms with Crippen LogP contribution in [0.25, 0.3) is 33.1 Å². The molecule has 2 aromatic heterocycles. The van der Waals surface area contributed by atoms with Crippen molar-refractivity contribution in [3.63, 3.8) is 0 Å². The van der Waals surface area contributed by atoms with Gasteiger partial charge in [0, 0.05) is 0 Å². The molecule has 0 spiro atoms. The number of fused-ring (bicyclic) bond motifs is 2. The van der Waals surface area contributed by atoms with E-state index in [2.05, 4.69) is 0 Å². The molecule has 0 atom stereocenters. The molecular weight excluding hydrogens is 304 g/mol. The Morgan fingerprint density at radius 1 is 0.667 bits per heavy atom. The van der Waals surface area contributed by atoms with E-state index in [1.54, 1.807) is 24.3 Å². The summed E-state index contributed by atoms with van der Waals surface area (Å²) in [6, 6.07) is 10.8. The number of rotatable bonds is 1. The van der Waals surface area contributed by atoms with Crippen molar-refractivity contribution in [1.29, 1.82) is 0 Å². The average Bonchev–Trinajstić information content (AvgIpc) is 2.57. The molecule has 0 unspecified atom stereocenters. The molecule has 0 saturated carbocycles. The number of benzene rings is 2. The Hall–Kier alpha value is -3.14. The van der Waals surface area contributed by atoms with Crippen LogP contribution in [-0.2, 0) is 0 Å². The van der Waals surface area contributed by atoms with E-state index < -0.39 is 0 Å². The Balaban J connectivity index is 2.06. The van der Waals surface area contributed by atoms with E-state index in [0.717, 1.165) is 11.1 Å². The van der Waals surface area contributed by atoms with Gasteiger partial charge in [-0.05, 0) is 38.1 Å². The van der Waals surface area contributed by atoms with Crippen LogP contribution in [0.1, 0.15) is 11.1 Å². The molecule has 0 N–H and O–H groups in total. The second-order valence-corrected chi connectivity index (χ2v) is 5.96. The molecule has 0 saturated heterocycles. The average molecular weight is 318 g/mol. The van der Waals surface area contributed by atoms with Gasteiger partial charge in [0.05, 0.1) is 21.9 Å². The van der Waals surface area contributed by atoms with Gasteiger partial charge in [-0.1, -0.05) is 23.3 Å². The van der Waals surface area contributed by atoms with Crippen LogP contribution in [0.2, 0.25) is 0 Å². The van der Waals surface area contributed by atoms with Crippen molar-refractivity contribution in [3.05, 3.63) is 80.5 Å². The van der Waals surface area contributed by atoms with Gasteiger partial charge in [-0.15, -0.1) is 0 Å². The number of aryl methyl sites for hydroxylation is 2. The Morgan fingerprint density at radius 3 is 1.50 bits per heavy atom. The Bertz CT molecular complexity index is 1110. The summed E-state index contributed by atoms with van der Waals surface area (Å²) in [4.78, 5) is 25.6. The van der Waals surface area contributed by atoms with Crippen molar-refractivity contribution < 1.29 is 8.83 Å². The summed E-state index contributed by atoms with van der Waals surface area (Å²) in [5, 5.41) is 0.910. The minimum absolute atomic E-state index is 0.213. The normalized spacial score (nSPS) is 11.2. The topological polar surface area (TPSA) is 60.4 Å². The van der Waals surface area contributed by atoms with Gasteiger partial charge in [-0.25, -0.2) is 0 Å². The fourth-order valence-electron chi connectivity index (χ4n) is 2.86. The van der Waals surface area contributed by atoms with E-state index in [0.29, 0.717) is 21.9 Å². The molecule has 0 aliphatic heterocycles. The van der Waals surface area contributed by atoms with Crippen molar-refractivity contribution in [3.8, 4) is 11.1 Å². The van der Waals surface area contributed by atoms with Crippen molar-refractivity contribution in [2.75, 3.05) is 0 Å². The minimum atomic E-state index is -0.237. The van der Waals surface area contributed by atoms with E-state index in [1.807, 2.05) is 26.0 Å². The van der Waals surface area contributed by atoms with Gasteiger partial charge in [0.2, 0.25) is 10.9 Å². The van der Waals surface area contributed by atoms with Crippen LogP contribution < -0.4 is 10.9 Å². The molecule has 0 aliphatic rings. The summed E-state index contributed by atoms with van der Waals surface area (Å²) >= 11 is 0. The monoisotopic (exact) mass is 318 g/mol. The predicted octanol–water partition coefficient (Wildman–Crippen LogP) is 4.18. The van der Waals surface area contributed by atoms with Crippen LogP contribution in [0.3, 0.4) is 0 Å². The third-order valence-corrected chi connectivity index (χ3v) is 4.15. The molecule has 2 aromatic carbocycles. The van der Waals surface area contributed by atoms with Crippen LogP contribution in [0.5, 0.6) is 0 Å². The summed E-state index contributed by atoms with van der Waals surface area (Å²) in [6.07, 6.45) is 2.65. The highest BCUT2D eigenvalue weighted by atomic mass is 16.3. The standard InChI is InChI=1S/C20H14O4/c1-11-3-5-17-13(7-11)19(21)15(9-23-17)16-10-24-18-6-4-12(2)8-14(18)20(16)22/h3-10H,1-2H3. The van der Waals surface area contributed by atoms with E-state index >= 15 is 0 Å². The van der Waals surface area contributed by atoms with Crippen molar-refractivity contribution >= 4 is 21.9 Å². The Labute approximate surface area is 137 Å². The van der Waals surface area contributed by atoms with Gasteiger partial charge in [0.25, 0.3) is 0 Å². The largest absolute Gasteiger partial charge is 0.463 e. The van der Waals surface area contributed by atoms with Gasteiger partial charge < -0.3 is 8.83 Å². The van der Waals surface area contributed by atoms with Crippen molar-refractivity contribution in [2.45, 2.75) is 13.8 Å². The van der Waals surface area contributed by atoms with Crippen molar-refractivity contribution in [2.24, 2.45) is 0 Å². The summed E-state index contributed by atoms with van der Waals surface area (Å²) in [5.41, 5.74) is 2.85. The maximum Gasteiger partial charge on any atom is 0.200 e. The lowest BCUT2D eigenvalue weighted by molar-refractivity contribution is 0.596. The molecule has 0 bridgehead atoms. The SMILES string of the molecule is Cc1ccc2occ(-c3coc4ccc(C)cc4c3=O)c(=O)c2c1. The predicted molar refractivity (Wildman–Crippen MR) is 93.4 cm³/mol. The first-order chi connectivity index (χ1) is 11.5. The molecule has 0 radical (unpaired) electrons. The Kier molecular flexibility index (Phi) is 3.13. The van der Waals surface area contributed by atoms with E-state index in [9.17, 15) is 9.59 Å². The lowest BCUT2D eigenvalue weighted by atomic mass is 10.0. The van der Waals surface area contributed by atoms with Crippen LogP contribution >= 0.6 is 0 Å². The summed E-state index contributed by atoms with van der Waals surface area (Å²) in [6.45, 7) is 3.80. The third kappa shape index (κ3) is 2.15. The number of hydrogen-bond acceptors (Lipinski definition) is 4. The molecule has 2 heterocycles. The van der Waals surface area contributed by atoms with Gasteiger partial charge in [-0.3, -0.25) is 9.59 Å². The first-order valence-electron chi connectivity index (χ1n) is 7.59. The molecule has 0 fully saturated rings. The highest BCUT2D eigenvalue weighted by molar-refractivity contribution is 5.85. The molecule has 24 heavy (non-hydrogen) atoms. The van der Waals surface area contributed by atoms with Gasteiger partial charge in [0.15, 0.2) is 0 Å². The molecule has 0 aliphatic carbocycles. The molecule has 4 aromatic rings. The fourth-order valence-corrected chi connectivity index (χ4v) is 2.86. The summed E-state index contributed by atoms with van der Waals surface area (Å²) in [7, 11) is 0. The molecular formula is C20H14O4. The smallest absolute Gasteiger partial charge is 0.200 e. The number of hydrogen-bond donors (Lipinski definition) is 0. The van der Waals surface area contributed by atoms with Crippen LogP contribution in [0.15, 0.2) is 67.3 Å². The second-order valence-electron chi connectivity index (χ2n) is 5.96. The van der Waals surface area contributed by atoms with Crippen molar-refractivity contribution in [1.82, 2.24) is 0 Å². The van der Waals surface area contributed by atoms with Gasteiger partial charge in [0.1, 0.15) is 23.7 Å². The van der Waals surface area contributed by atoms with Crippen LogP contribution in [0, 0.1) is 13.8 Å². The maximum atomic E-state index is 12.8. The summed E-state index contributed by atoms with van der Waals surface area (Å²) in [5.74, 6) is 0. The van der Waals surface area contributed by atoms with Gasteiger partial charge >= 0.3 is 0 Å². The zero-order valence-corrected chi connectivity index (χ0v) is 13.3. The maximum absolute atomic E-state index is 12.8. The van der Waals surface area contributed by atoms with Gasteiger partial charge in [-0.2, -0.15) is 0 Å². The lowest BCUT2D eigenvalue weighted by Crippen LogP contribution is -2.12. The molecule has 4 heteroatoms. The van der Waals surface area contributed by atoms with E-state index in [4.69, 9.17) is 8.83 Å². The third-order valence-electron chi connectivity index (χ3n) is 4.15. The fraction of sp³-hybridized carbons (Fsp3) is 0.100. The first-order valence-corrected chi connectivity index (χ1v) is 7.59. The van der Waals surface area contributed by atoms with Crippen LogP contribution in [0.4, 0.5) is 0 Å². The summed E-state index contributed by atoms with van der Waals surface area (Å²) < 4.78 is 11.1. The molecule has 0 amide bonds. The minimum Gasteiger partial charge on any atom is -0.463 e. The molecule has 118 valence electrons. The Morgan fingerprint density at radius 2 is 1.08 bits per heavy atom. The van der Waals surface area contributed by atoms with E-state index in [1.165, 1.54) is 12.5 Å². The second kappa shape index (κ2) is 5.20. The highest BCUT2D eigenvalue weighted by Crippen LogP contribution is 2.21. The zero-order chi connectivity index (χ0) is 16.8. The quantitative estimate of drug-likeness (QED) is 0.528. The molecule has 4 nitrogen and oxygen atoms in total. The lowest BCUT2D eigenvalue weighted by Gasteiger charge is -2.04. The first kappa shape index (κ1) is 14.5. The highest BCUT2D eigenvalue weighted by Gasteiger charge is 2.15.